The Kier molecular flexibility index (Phi) is 7.97. The minimum Gasteiger partial charge on any atom is -0.494 e. The number of halogens is 4. The van der Waals surface area contributed by atoms with E-state index in [1.54, 1.807) is 0 Å². The third kappa shape index (κ3) is 5.25. The number of hydrogen-bond donors (Lipinski definition) is 3. The summed E-state index contributed by atoms with van der Waals surface area (Å²) in [4.78, 5) is 4.16. The third-order valence-electron chi connectivity index (χ3n) is 6.80. The minimum absolute atomic E-state index is 0.0758. The number of ether oxygens (including phenoxy) is 1. The molecule has 1 saturated carbocycles. The largest absolute Gasteiger partial charge is 0.494 e. The first-order valence-electron chi connectivity index (χ1n) is 11.7. The fourth-order valence-corrected chi connectivity index (χ4v) is 4.94. The van der Waals surface area contributed by atoms with Gasteiger partial charge < -0.3 is 24.7 Å². The van der Waals surface area contributed by atoms with E-state index in [2.05, 4.69) is 10.3 Å². The lowest BCUT2D eigenvalue weighted by Gasteiger charge is -2.44. The average Bonchev–Trinajstić information content (AvgIpc) is 3.33. The summed E-state index contributed by atoms with van der Waals surface area (Å²) < 4.78 is 67.0. The van der Waals surface area contributed by atoms with Gasteiger partial charge in [-0.2, -0.15) is 0 Å². The topological polar surface area (TPSA) is 87.8 Å². The van der Waals surface area contributed by atoms with Crippen LogP contribution in [-0.2, 0) is 13.2 Å². The van der Waals surface area contributed by atoms with Gasteiger partial charge in [-0.15, -0.1) is 0 Å². The first-order valence-corrected chi connectivity index (χ1v) is 11.7. The molecule has 1 aromatic heterocycles. The van der Waals surface area contributed by atoms with Crippen LogP contribution in [0.2, 0.25) is 0 Å². The molecular formula is C26H28F4N2O4. The van der Waals surface area contributed by atoms with Crippen molar-refractivity contribution in [1.82, 2.24) is 10.3 Å². The van der Waals surface area contributed by atoms with E-state index in [0.717, 1.165) is 17.7 Å². The molecule has 1 unspecified atom stereocenters. The summed E-state index contributed by atoms with van der Waals surface area (Å²) in [6.45, 7) is -0.278. The average molecular weight is 509 g/mol. The number of aromatic nitrogens is 1. The van der Waals surface area contributed by atoms with E-state index in [1.165, 1.54) is 7.11 Å². The van der Waals surface area contributed by atoms with Crippen LogP contribution in [0.15, 0.2) is 46.9 Å². The standard InChI is InChI=1S/C26H28F4N2O4/c1-35-21-11-18(27)17(10-19(21)28)25-32-20(14-33)22(36-25)16-8-5-9-26(12-16,23(34)24(29)30)31-13-15-6-3-2-4-7-15/h2-4,6-7,10-11,16,23-24,31,33-34H,5,8-9,12-14H2,1H3/t16?,23-,26-/m1/s1. The van der Waals surface area contributed by atoms with Crippen LogP contribution in [0, 0.1) is 11.6 Å². The quantitative estimate of drug-likeness (QED) is 0.355. The number of rotatable bonds is 9. The maximum Gasteiger partial charge on any atom is 0.265 e. The normalized spacial score (nSPS) is 21.1. The number of hydrogen-bond acceptors (Lipinski definition) is 6. The summed E-state index contributed by atoms with van der Waals surface area (Å²) in [7, 11) is 1.21. The smallest absolute Gasteiger partial charge is 0.265 e. The molecule has 0 radical (unpaired) electrons. The molecule has 10 heteroatoms. The molecule has 3 N–H and O–H groups in total. The first-order chi connectivity index (χ1) is 17.3. The number of nitrogens with one attached hydrogen (secondary N) is 1. The predicted octanol–water partition coefficient (Wildman–Crippen LogP) is 4.93. The molecule has 3 aromatic rings. The lowest BCUT2D eigenvalue weighted by Crippen LogP contribution is -2.58. The van der Waals surface area contributed by atoms with E-state index in [4.69, 9.17) is 9.15 Å². The van der Waals surface area contributed by atoms with Gasteiger partial charge in [0.15, 0.2) is 11.6 Å². The molecule has 0 aliphatic heterocycles. The zero-order chi connectivity index (χ0) is 25.9. The number of methoxy groups -OCH3 is 1. The molecule has 1 aliphatic rings. The third-order valence-corrected chi connectivity index (χ3v) is 6.80. The highest BCUT2D eigenvalue weighted by Crippen LogP contribution is 2.44. The first kappa shape index (κ1) is 26.1. The van der Waals surface area contributed by atoms with Crippen molar-refractivity contribution in [3.05, 3.63) is 71.1 Å². The van der Waals surface area contributed by atoms with Crippen LogP contribution in [0.25, 0.3) is 11.5 Å². The zero-order valence-corrected chi connectivity index (χ0v) is 19.7. The highest BCUT2D eigenvalue weighted by Gasteiger charge is 2.47. The molecule has 1 heterocycles. The van der Waals surface area contributed by atoms with Crippen molar-refractivity contribution < 1.29 is 36.9 Å². The fraction of sp³-hybridized carbons (Fsp3) is 0.423. The molecular weight excluding hydrogens is 480 g/mol. The predicted molar refractivity (Wildman–Crippen MR) is 124 cm³/mol. The van der Waals surface area contributed by atoms with Gasteiger partial charge in [-0.1, -0.05) is 36.8 Å². The molecule has 0 bridgehead atoms. The van der Waals surface area contributed by atoms with E-state index in [1.807, 2.05) is 30.3 Å². The van der Waals surface area contributed by atoms with Crippen molar-refractivity contribution in [3.63, 3.8) is 0 Å². The number of oxazole rings is 1. The van der Waals surface area contributed by atoms with Crippen molar-refractivity contribution in [2.75, 3.05) is 7.11 Å². The van der Waals surface area contributed by atoms with Gasteiger partial charge in [0.05, 0.1) is 24.8 Å². The van der Waals surface area contributed by atoms with E-state index in [9.17, 15) is 27.8 Å². The molecule has 6 nitrogen and oxygen atoms in total. The molecule has 194 valence electrons. The number of aliphatic hydroxyl groups is 2. The van der Waals surface area contributed by atoms with Crippen molar-refractivity contribution in [3.8, 4) is 17.2 Å². The van der Waals surface area contributed by atoms with Gasteiger partial charge in [0, 0.05) is 18.5 Å². The number of alkyl halides is 2. The maximum absolute atomic E-state index is 14.6. The second-order valence-electron chi connectivity index (χ2n) is 9.02. The van der Waals surface area contributed by atoms with Gasteiger partial charge in [-0.05, 0) is 30.9 Å². The summed E-state index contributed by atoms with van der Waals surface area (Å²) in [5.41, 5.74) is -0.609. The van der Waals surface area contributed by atoms with Crippen LogP contribution in [0.3, 0.4) is 0 Å². The summed E-state index contributed by atoms with van der Waals surface area (Å²) in [6.07, 6.45) is -3.54. The number of benzene rings is 2. The van der Waals surface area contributed by atoms with Gasteiger partial charge in [0.1, 0.15) is 23.4 Å². The second kappa shape index (κ2) is 11.0. The van der Waals surface area contributed by atoms with Gasteiger partial charge in [0.25, 0.3) is 6.43 Å². The fourth-order valence-electron chi connectivity index (χ4n) is 4.94. The van der Waals surface area contributed by atoms with Crippen LogP contribution in [-0.4, -0.2) is 40.4 Å². The molecule has 2 aromatic carbocycles. The van der Waals surface area contributed by atoms with E-state index in [0.29, 0.717) is 19.3 Å². The van der Waals surface area contributed by atoms with Gasteiger partial charge in [-0.25, -0.2) is 22.5 Å². The van der Waals surface area contributed by atoms with Crippen molar-refractivity contribution in [2.45, 2.75) is 62.8 Å². The lowest BCUT2D eigenvalue weighted by atomic mass is 9.71. The zero-order valence-electron chi connectivity index (χ0n) is 19.7. The second-order valence-corrected chi connectivity index (χ2v) is 9.02. The number of aliphatic hydroxyl groups excluding tert-OH is 2. The minimum atomic E-state index is -2.98. The molecule has 1 aliphatic carbocycles. The monoisotopic (exact) mass is 508 g/mol. The Balaban J connectivity index is 1.66. The lowest BCUT2D eigenvalue weighted by molar-refractivity contribution is -0.0761. The van der Waals surface area contributed by atoms with Crippen LogP contribution in [0.5, 0.6) is 5.75 Å². The molecule has 4 rings (SSSR count). The van der Waals surface area contributed by atoms with Crippen molar-refractivity contribution >= 4 is 0 Å². The summed E-state index contributed by atoms with van der Waals surface area (Å²) in [5.74, 6) is -2.47. The highest BCUT2D eigenvalue weighted by molar-refractivity contribution is 5.57. The van der Waals surface area contributed by atoms with E-state index in [-0.39, 0.29) is 41.6 Å². The van der Waals surface area contributed by atoms with Gasteiger partial charge >= 0.3 is 0 Å². The molecule has 3 atom stereocenters. The Labute approximate surface area is 205 Å². The Morgan fingerprint density at radius 2 is 1.94 bits per heavy atom. The van der Waals surface area contributed by atoms with Gasteiger partial charge in [-0.3, -0.25) is 0 Å². The van der Waals surface area contributed by atoms with Crippen LogP contribution >= 0.6 is 0 Å². The molecule has 0 saturated heterocycles. The van der Waals surface area contributed by atoms with Gasteiger partial charge in [0.2, 0.25) is 5.89 Å². The molecule has 0 spiro atoms. The van der Waals surface area contributed by atoms with Crippen molar-refractivity contribution in [2.24, 2.45) is 0 Å². The van der Waals surface area contributed by atoms with Crippen LogP contribution < -0.4 is 10.1 Å². The van der Waals surface area contributed by atoms with E-state index < -0.39 is 42.2 Å². The summed E-state index contributed by atoms with van der Waals surface area (Å²) in [6, 6.07) is 11.0. The molecule has 36 heavy (non-hydrogen) atoms. The highest BCUT2D eigenvalue weighted by atomic mass is 19.3. The Hall–Kier alpha value is -2.95. The maximum atomic E-state index is 14.6. The Morgan fingerprint density at radius 3 is 2.61 bits per heavy atom. The summed E-state index contributed by atoms with van der Waals surface area (Å²) in [5, 5.41) is 23.6. The number of nitrogens with zero attached hydrogens (tertiary/aromatic N) is 1. The SMILES string of the molecule is COc1cc(F)c(-c2nc(CO)c(C3CCC[C@](NCc4ccccc4)([C@H](O)C(F)F)C3)o2)cc1F. The summed E-state index contributed by atoms with van der Waals surface area (Å²) >= 11 is 0. The Bertz CT molecular complexity index is 1170. The van der Waals surface area contributed by atoms with Crippen LogP contribution in [0.1, 0.15) is 48.6 Å². The van der Waals surface area contributed by atoms with Crippen molar-refractivity contribution in [1.29, 1.82) is 0 Å². The molecule has 1 fully saturated rings. The Morgan fingerprint density at radius 1 is 1.19 bits per heavy atom. The molecule has 0 amide bonds. The van der Waals surface area contributed by atoms with E-state index >= 15 is 0 Å². The van der Waals surface area contributed by atoms with Crippen LogP contribution in [0.4, 0.5) is 17.6 Å².